The van der Waals surface area contributed by atoms with Crippen LogP contribution in [0.2, 0.25) is 4.34 Å². The molecular formula is C26H26ClF3N4O3S2. The predicted molar refractivity (Wildman–Crippen MR) is 149 cm³/mol. The fourth-order valence-electron chi connectivity index (χ4n) is 5.60. The number of aromatic nitrogens is 2. The van der Waals surface area contributed by atoms with Crippen molar-refractivity contribution in [1.29, 1.82) is 0 Å². The van der Waals surface area contributed by atoms with E-state index in [2.05, 4.69) is 11.6 Å². The number of carbonyl (C=O) groups is 1. The molecule has 13 heteroatoms. The normalized spacial score (nSPS) is 21.5. The minimum atomic E-state index is -4.67. The molecule has 1 fully saturated rings. The van der Waals surface area contributed by atoms with Gasteiger partial charge in [0.25, 0.3) is 0 Å². The van der Waals surface area contributed by atoms with Crippen LogP contribution in [0.4, 0.5) is 19.0 Å². The maximum atomic E-state index is 14.6. The number of alkyl halides is 3. The standard InChI is InChI=1S/C26H26ClF3N4O3S2/c1-5-20(35)33-13(2)9-32(10-14(33)3)24-16-8-17(26(28,29)30)21(18-6-7-19(27)39-18)23-22(16)34(25(36)31-24)15(11-37-4)12-38-23/h5-8,13-15H,1,9-12H2,2-4H3/t13-,14+,15-/m0/s1. The van der Waals surface area contributed by atoms with Gasteiger partial charge in [-0.05, 0) is 38.1 Å². The Morgan fingerprint density at radius 1 is 1.28 bits per heavy atom. The molecule has 7 nitrogen and oxygen atoms in total. The monoisotopic (exact) mass is 598 g/mol. The minimum Gasteiger partial charge on any atom is -0.383 e. The van der Waals surface area contributed by atoms with E-state index in [1.165, 1.54) is 29.5 Å². The lowest BCUT2D eigenvalue weighted by atomic mass is 10.00. The summed E-state index contributed by atoms with van der Waals surface area (Å²) in [7, 11) is 1.52. The van der Waals surface area contributed by atoms with Crippen molar-refractivity contribution < 1.29 is 22.7 Å². The van der Waals surface area contributed by atoms with E-state index >= 15 is 0 Å². The molecular weight excluding hydrogens is 573 g/mol. The van der Waals surface area contributed by atoms with E-state index in [0.717, 1.165) is 17.4 Å². The van der Waals surface area contributed by atoms with Crippen LogP contribution in [0.3, 0.4) is 0 Å². The zero-order chi connectivity index (χ0) is 28.2. The Morgan fingerprint density at radius 3 is 2.54 bits per heavy atom. The van der Waals surface area contributed by atoms with Crippen LogP contribution in [0.15, 0.2) is 40.5 Å². The first kappa shape index (κ1) is 28.0. The smallest absolute Gasteiger partial charge is 0.383 e. The van der Waals surface area contributed by atoms with E-state index < -0.39 is 23.5 Å². The number of nitrogens with zero attached hydrogens (tertiary/aromatic N) is 4. The summed E-state index contributed by atoms with van der Waals surface area (Å²) in [6.45, 7) is 8.08. The Bertz CT molecular complexity index is 1510. The summed E-state index contributed by atoms with van der Waals surface area (Å²) >= 11 is 8.47. The van der Waals surface area contributed by atoms with Gasteiger partial charge in [-0.2, -0.15) is 18.2 Å². The number of carbonyl (C=O) groups excluding carboxylic acids is 1. The number of piperazine rings is 1. The number of ether oxygens (including phenoxy) is 1. The van der Waals surface area contributed by atoms with Crippen LogP contribution < -0.4 is 10.6 Å². The van der Waals surface area contributed by atoms with E-state index in [1.807, 2.05) is 13.8 Å². The second-order valence-corrected chi connectivity index (χ2v) is 12.4. The maximum absolute atomic E-state index is 14.6. The highest BCUT2D eigenvalue weighted by Gasteiger charge is 2.40. The van der Waals surface area contributed by atoms with Crippen molar-refractivity contribution >= 4 is 57.3 Å². The van der Waals surface area contributed by atoms with Gasteiger partial charge in [0.05, 0.1) is 28.1 Å². The van der Waals surface area contributed by atoms with Crippen LogP contribution in [-0.2, 0) is 15.7 Å². The van der Waals surface area contributed by atoms with Gasteiger partial charge in [0.1, 0.15) is 5.82 Å². The number of benzene rings is 1. The highest BCUT2D eigenvalue weighted by molar-refractivity contribution is 7.99. The van der Waals surface area contributed by atoms with Gasteiger partial charge in [-0.3, -0.25) is 9.36 Å². The third-order valence-electron chi connectivity index (χ3n) is 7.06. The topological polar surface area (TPSA) is 67.7 Å². The van der Waals surface area contributed by atoms with Gasteiger partial charge in [-0.25, -0.2) is 4.79 Å². The summed E-state index contributed by atoms with van der Waals surface area (Å²) in [6.07, 6.45) is -3.43. The summed E-state index contributed by atoms with van der Waals surface area (Å²) in [4.78, 5) is 34.6. The Morgan fingerprint density at radius 2 is 1.97 bits per heavy atom. The second-order valence-electron chi connectivity index (χ2n) is 9.69. The first-order chi connectivity index (χ1) is 18.5. The molecule has 208 valence electrons. The fraction of sp³-hybridized carbons (Fsp3) is 0.423. The molecule has 5 rings (SSSR count). The average molecular weight is 599 g/mol. The van der Waals surface area contributed by atoms with E-state index in [9.17, 15) is 22.8 Å². The number of amides is 1. The fourth-order valence-corrected chi connectivity index (χ4v) is 8.09. The number of anilines is 1. The lowest BCUT2D eigenvalue weighted by molar-refractivity contribution is -0.137. The van der Waals surface area contributed by atoms with Gasteiger partial charge in [0.15, 0.2) is 0 Å². The number of hydrogen-bond donors (Lipinski definition) is 0. The molecule has 0 radical (unpaired) electrons. The molecule has 1 saturated heterocycles. The molecule has 0 aliphatic carbocycles. The largest absolute Gasteiger partial charge is 0.417 e. The highest BCUT2D eigenvalue weighted by Crippen LogP contribution is 2.51. The predicted octanol–water partition coefficient (Wildman–Crippen LogP) is 5.70. The molecule has 39 heavy (non-hydrogen) atoms. The van der Waals surface area contributed by atoms with Crippen molar-refractivity contribution in [3.05, 3.63) is 51.2 Å². The number of thioether (sulfide) groups is 1. The van der Waals surface area contributed by atoms with Crippen LogP contribution in [-0.4, -0.2) is 65.0 Å². The van der Waals surface area contributed by atoms with E-state index in [0.29, 0.717) is 38.5 Å². The summed E-state index contributed by atoms with van der Waals surface area (Å²) in [5.41, 5.74) is -0.945. The molecule has 0 bridgehead atoms. The SMILES string of the molecule is C=CC(=O)N1[C@H](C)CN(c2nc(=O)n3c4c(c(-c5ccc(Cl)s5)c(C(F)(F)F)cc24)SC[C@@H]3COC)C[C@@H]1C. The molecule has 1 aromatic carbocycles. The van der Waals surface area contributed by atoms with Gasteiger partial charge >= 0.3 is 11.9 Å². The maximum Gasteiger partial charge on any atom is 0.417 e. The van der Waals surface area contributed by atoms with Crippen molar-refractivity contribution in [3.63, 3.8) is 0 Å². The van der Waals surface area contributed by atoms with Crippen LogP contribution in [0.1, 0.15) is 25.5 Å². The van der Waals surface area contributed by atoms with E-state index in [4.69, 9.17) is 16.3 Å². The van der Waals surface area contributed by atoms with Gasteiger partial charge in [-0.1, -0.05) is 18.2 Å². The Balaban J connectivity index is 1.80. The Labute approximate surface area is 236 Å². The first-order valence-electron chi connectivity index (χ1n) is 12.2. The van der Waals surface area contributed by atoms with Crippen LogP contribution >= 0.6 is 34.7 Å². The van der Waals surface area contributed by atoms with Crippen molar-refractivity contribution in [2.24, 2.45) is 0 Å². The number of hydrogen-bond acceptors (Lipinski definition) is 7. The number of methoxy groups -OCH3 is 1. The van der Waals surface area contributed by atoms with Crippen LogP contribution in [0, 0.1) is 0 Å². The Hall–Kier alpha value is -2.54. The highest BCUT2D eigenvalue weighted by atomic mass is 35.5. The van der Waals surface area contributed by atoms with E-state index in [1.54, 1.807) is 21.9 Å². The molecule has 4 heterocycles. The summed E-state index contributed by atoms with van der Waals surface area (Å²) < 4.78 is 51.1. The lowest BCUT2D eigenvalue weighted by Crippen LogP contribution is -2.58. The zero-order valence-electron chi connectivity index (χ0n) is 21.4. The van der Waals surface area contributed by atoms with Gasteiger partial charge in [0.2, 0.25) is 5.91 Å². The van der Waals surface area contributed by atoms with Crippen molar-refractivity contribution in [3.8, 4) is 10.4 Å². The number of thiophene rings is 1. The molecule has 0 spiro atoms. The molecule has 3 atom stereocenters. The van der Waals surface area contributed by atoms with Crippen LogP contribution in [0.5, 0.6) is 0 Å². The van der Waals surface area contributed by atoms with Crippen molar-refractivity contribution in [2.75, 3.05) is 37.5 Å². The molecule has 0 N–H and O–H groups in total. The molecule has 2 aromatic heterocycles. The molecule has 0 saturated carbocycles. The summed E-state index contributed by atoms with van der Waals surface area (Å²) in [6, 6.07) is 3.28. The van der Waals surface area contributed by atoms with Gasteiger partial charge in [-0.15, -0.1) is 23.1 Å². The summed E-state index contributed by atoms with van der Waals surface area (Å²) in [5, 5.41) is 0.236. The minimum absolute atomic E-state index is 0.0150. The second kappa shape index (κ2) is 10.5. The third kappa shape index (κ3) is 4.85. The van der Waals surface area contributed by atoms with Crippen LogP contribution in [0.25, 0.3) is 21.3 Å². The zero-order valence-corrected chi connectivity index (χ0v) is 23.8. The third-order valence-corrected chi connectivity index (χ3v) is 9.55. The number of halogens is 4. The molecule has 2 aliphatic heterocycles. The quantitative estimate of drug-likeness (QED) is 0.351. The summed E-state index contributed by atoms with van der Waals surface area (Å²) in [5.74, 6) is 0.301. The van der Waals surface area contributed by atoms with Gasteiger partial charge in [0, 0.05) is 58.8 Å². The Kier molecular flexibility index (Phi) is 7.51. The lowest BCUT2D eigenvalue weighted by Gasteiger charge is -2.45. The average Bonchev–Trinajstić information content (AvgIpc) is 3.30. The molecule has 1 amide bonds. The van der Waals surface area contributed by atoms with Crippen molar-refractivity contribution in [2.45, 2.75) is 43.0 Å². The number of rotatable bonds is 5. The molecule has 0 unspecified atom stereocenters. The molecule has 3 aromatic rings. The van der Waals surface area contributed by atoms with E-state index in [-0.39, 0.29) is 41.4 Å². The molecule has 2 aliphatic rings. The van der Waals surface area contributed by atoms with Crippen molar-refractivity contribution in [1.82, 2.24) is 14.5 Å². The first-order valence-corrected chi connectivity index (χ1v) is 14.4. The van der Waals surface area contributed by atoms with Gasteiger partial charge < -0.3 is 14.5 Å².